The highest BCUT2D eigenvalue weighted by Crippen LogP contribution is 2.46. The van der Waals surface area contributed by atoms with Gasteiger partial charge in [0, 0.05) is 26.1 Å². The molecule has 1 spiro atoms. The third-order valence-corrected chi connectivity index (χ3v) is 11.9. The fraction of sp³-hybridized carbons (Fsp3) is 0.913. The number of alkyl halides is 1. The summed E-state index contributed by atoms with van der Waals surface area (Å²) in [6.07, 6.45) is 0.560. The van der Waals surface area contributed by atoms with Crippen LogP contribution in [0.2, 0.25) is 18.1 Å². The van der Waals surface area contributed by atoms with Crippen LogP contribution in [0.1, 0.15) is 60.8 Å². The fourth-order valence-corrected chi connectivity index (χ4v) is 5.24. The first-order valence-electron chi connectivity index (χ1n) is 11.9. The maximum Gasteiger partial charge on any atom is 0.410 e. The minimum atomic E-state index is -2.05. The van der Waals surface area contributed by atoms with Crippen LogP contribution in [0.25, 0.3) is 0 Å². The highest BCUT2D eigenvalue weighted by atomic mass is 28.4. The van der Waals surface area contributed by atoms with E-state index in [1.165, 1.54) is 0 Å². The van der Waals surface area contributed by atoms with E-state index < -0.39 is 26.1 Å². The normalized spacial score (nSPS) is 28.2. The van der Waals surface area contributed by atoms with E-state index in [9.17, 15) is 14.0 Å². The van der Waals surface area contributed by atoms with Crippen molar-refractivity contribution in [3.05, 3.63) is 0 Å². The minimum absolute atomic E-state index is 0.0352. The predicted molar refractivity (Wildman–Crippen MR) is 125 cm³/mol. The summed E-state index contributed by atoms with van der Waals surface area (Å²) in [7, 11) is -2.05. The largest absolute Gasteiger partial charge is 0.444 e. The molecule has 3 fully saturated rings. The minimum Gasteiger partial charge on any atom is -0.444 e. The summed E-state index contributed by atoms with van der Waals surface area (Å²) in [5.74, 6) is -0.0795. The van der Waals surface area contributed by atoms with Crippen LogP contribution in [0.3, 0.4) is 0 Å². The number of hydrogen-bond donors (Lipinski definition) is 1. The average Bonchev–Trinajstić information content (AvgIpc) is 3.26. The third-order valence-electron chi connectivity index (χ3n) is 7.41. The van der Waals surface area contributed by atoms with Crippen molar-refractivity contribution in [1.82, 2.24) is 15.1 Å². The Bertz CT molecular complexity index is 730. The molecular formula is C23H42FN3O4Si. The van der Waals surface area contributed by atoms with Gasteiger partial charge in [-0.2, -0.15) is 0 Å². The van der Waals surface area contributed by atoms with Crippen LogP contribution < -0.4 is 5.32 Å². The smallest absolute Gasteiger partial charge is 0.410 e. The van der Waals surface area contributed by atoms with Gasteiger partial charge in [-0.1, -0.05) is 20.8 Å². The molecule has 0 unspecified atom stereocenters. The highest BCUT2D eigenvalue weighted by Gasteiger charge is 2.58. The molecule has 0 radical (unpaired) electrons. The summed E-state index contributed by atoms with van der Waals surface area (Å²) in [5, 5.41) is 3.07. The molecule has 2 amide bonds. The number of nitrogens with one attached hydrogen (secondary N) is 1. The second kappa shape index (κ2) is 8.54. The van der Waals surface area contributed by atoms with Gasteiger partial charge in [0.25, 0.3) is 0 Å². The number of piperazine rings is 1. The van der Waals surface area contributed by atoms with E-state index in [-0.39, 0.29) is 41.6 Å². The van der Waals surface area contributed by atoms with Crippen LogP contribution >= 0.6 is 0 Å². The molecule has 0 aromatic carbocycles. The van der Waals surface area contributed by atoms with Crippen LogP contribution in [0.5, 0.6) is 0 Å². The lowest BCUT2D eigenvalue weighted by atomic mass is 10.0. The molecule has 3 rings (SSSR count). The van der Waals surface area contributed by atoms with Crippen molar-refractivity contribution in [2.45, 2.75) is 108 Å². The van der Waals surface area contributed by atoms with E-state index in [2.05, 4.69) is 39.2 Å². The van der Waals surface area contributed by atoms with Gasteiger partial charge in [-0.15, -0.1) is 0 Å². The monoisotopic (exact) mass is 471 g/mol. The van der Waals surface area contributed by atoms with Crippen molar-refractivity contribution in [2.24, 2.45) is 0 Å². The maximum atomic E-state index is 13.8. The summed E-state index contributed by atoms with van der Waals surface area (Å²) in [6, 6.07) is -0.792. The Balaban J connectivity index is 1.81. The van der Waals surface area contributed by atoms with Gasteiger partial charge in [0.15, 0.2) is 8.32 Å². The Hall–Kier alpha value is -1.19. The van der Waals surface area contributed by atoms with E-state index in [1.807, 2.05) is 30.6 Å². The molecule has 32 heavy (non-hydrogen) atoms. The molecule has 0 aromatic rings. The number of carbonyl (C=O) groups is 2. The molecule has 2 saturated heterocycles. The number of nitrogens with zero attached hydrogens (tertiary/aromatic N) is 2. The van der Waals surface area contributed by atoms with Gasteiger partial charge >= 0.3 is 6.09 Å². The van der Waals surface area contributed by atoms with Gasteiger partial charge in [-0.3, -0.25) is 9.69 Å². The first-order chi connectivity index (χ1) is 14.5. The summed E-state index contributed by atoms with van der Waals surface area (Å²) < 4.78 is 26.0. The fourth-order valence-electron chi connectivity index (χ4n) is 4.19. The third kappa shape index (κ3) is 5.47. The first-order valence-corrected chi connectivity index (χ1v) is 14.8. The Morgan fingerprint density at radius 1 is 1.16 bits per heavy atom. The molecule has 3 atom stereocenters. The molecule has 7 nitrogen and oxygen atoms in total. The molecule has 0 aromatic heterocycles. The van der Waals surface area contributed by atoms with Crippen LogP contribution in [0.15, 0.2) is 0 Å². The number of carbonyl (C=O) groups excluding carboxylic acids is 2. The standard InChI is InChI=1S/C23H42FN3O4Si/c1-21(2,3)31-20(29)27-13-17(14-30-32(7,8)22(4,5)6)26(15-23(27)9-10-23)19(28)18-11-16(24)12-25-18/h16-18,25H,9-15H2,1-8H3/t16-,17-,18+/m1/s1. The van der Waals surface area contributed by atoms with E-state index >= 15 is 0 Å². The highest BCUT2D eigenvalue weighted by molar-refractivity contribution is 6.74. The molecule has 2 aliphatic heterocycles. The lowest BCUT2D eigenvalue weighted by Crippen LogP contribution is -2.66. The zero-order valence-corrected chi connectivity index (χ0v) is 22.1. The zero-order valence-electron chi connectivity index (χ0n) is 21.1. The van der Waals surface area contributed by atoms with E-state index in [4.69, 9.17) is 9.16 Å². The number of hydrogen-bond acceptors (Lipinski definition) is 5. The predicted octanol–water partition coefficient (Wildman–Crippen LogP) is 3.69. The summed E-state index contributed by atoms with van der Waals surface area (Å²) in [6.45, 7) is 17.9. The van der Waals surface area contributed by atoms with Crippen molar-refractivity contribution in [1.29, 1.82) is 0 Å². The quantitative estimate of drug-likeness (QED) is 0.633. The van der Waals surface area contributed by atoms with Crippen LogP contribution in [0.4, 0.5) is 9.18 Å². The molecule has 1 N–H and O–H groups in total. The van der Waals surface area contributed by atoms with Crippen LogP contribution in [-0.2, 0) is 14.0 Å². The van der Waals surface area contributed by atoms with Gasteiger partial charge < -0.3 is 19.4 Å². The number of amides is 2. The first kappa shape index (κ1) is 25.4. The molecule has 184 valence electrons. The van der Waals surface area contributed by atoms with Crippen LogP contribution in [-0.4, -0.2) is 85.8 Å². The van der Waals surface area contributed by atoms with Crippen molar-refractivity contribution in [3.63, 3.8) is 0 Å². The van der Waals surface area contributed by atoms with Gasteiger partial charge in [0.1, 0.15) is 11.8 Å². The van der Waals surface area contributed by atoms with Gasteiger partial charge in [-0.25, -0.2) is 9.18 Å². The Morgan fingerprint density at radius 3 is 2.25 bits per heavy atom. The number of halogens is 1. The lowest BCUT2D eigenvalue weighted by Gasteiger charge is -2.48. The van der Waals surface area contributed by atoms with Crippen molar-refractivity contribution >= 4 is 20.3 Å². The number of ether oxygens (including phenoxy) is 1. The molecule has 1 saturated carbocycles. The second-order valence-corrected chi connectivity index (χ2v) is 17.1. The Labute approximate surface area is 193 Å². The number of rotatable bonds is 4. The molecule has 3 aliphatic rings. The molecule has 9 heteroatoms. The van der Waals surface area contributed by atoms with Crippen molar-refractivity contribution < 1.29 is 23.1 Å². The van der Waals surface area contributed by atoms with Crippen molar-refractivity contribution in [2.75, 3.05) is 26.2 Å². The summed E-state index contributed by atoms with van der Waals surface area (Å²) >= 11 is 0. The van der Waals surface area contributed by atoms with Gasteiger partial charge in [-0.05, 0) is 51.7 Å². The van der Waals surface area contributed by atoms with E-state index in [1.54, 1.807) is 0 Å². The van der Waals surface area contributed by atoms with Crippen molar-refractivity contribution in [3.8, 4) is 0 Å². The average molecular weight is 472 g/mol. The second-order valence-electron chi connectivity index (χ2n) is 12.3. The topological polar surface area (TPSA) is 71.1 Å². The SMILES string of the molecule is CC(C)(C)OC(=O)N1C[C@H](CO[Si](C)(C)C(C)(C)C)N(C(=O)[C@@H]2C[C@@H](F)CN2)CC12CC2. The van der Waals surface area contributed by atoms with Crippen LogP contribution in [0, 0.1) is 0 Å². The van der Waals surface area contributed by atoms with E-state index in [0.717, 1.165) is 12.8 Å². The zero-order chi connectivity index (χ0) is 24.1. The van der Waals surface area contributed by atoms with Gasteiger partial charge in [0.05, 0.1) is 24.2 Å². The Kier molecular flexibility index (Phi) is 6.79. The summed E-state index contributed by atoms with van der Waals surface area (Å²) in [4.78, 5) is 30.2. The lowest BCUT2D eigenvalue weighted by molar-refractivity contribution is -0.142. The molecule has 0 bridgehead atoms. The molecular weight excluding hydrogens is 429 g/mol. The molecule has 2 heterocycles. The maximum absolute atomic E-state index is 13.8. The molecule has 1 aliphatic carbocycles. The van der Waals surface area contributed by atoms with Gasteiger partial charge in [0.2, 0.25) is 5.91 Å². The summed E-state index contributed by atoms with van der Waals surface area (Å²) in [5.41, 5.74) is -0.962. The Morgan fingerprint density at radius 2 is 1.78 bits per heavy atom. The van der Waals surface area contributed by atoms with E-state index in [0.29, 0.717) is 19.7 Å².